The summed E-state index contributed by atoms with van der Waals surface area (Å²) in [4.78, 5) is 10.3. The molecular weight excluding hydrogens is 496 g/mol. The quantitative estimate of drug-likeness (QED) is 0.0525. The molecule has 0 saturated heterocycles. The summed E-state index contributed by atoms with van der Waals surface area (Å²) < 4.78 is 21.8. The Bertz CT molecular complexity index is 611. The van der Waals surface area contributed by atoms with Crippen LogP contribution in [0.4, 0.5) is 0 Å². The van der Waals surface area contributed by atoms with Gasteiger partial charge >= 0.3 is 14.8 Å². The van der Waals surface area contributed by atoms with Crippen LogP contribution < -0.4 is 0 Å². The summed E-state index contributed by atoms with van der Waals surface area (Å²) in [6, 6.07) is 0.832. The Hall–Kier alpha value is -1.51. The van der Waals surface area contributed by atoms with E-state index in [2.05, 4.69) is 69.4 Å². The second-order valence-corrected chi connectivity index (χ2v) is 12.1. The van der Waals surface area contributed by atoms with Crippen molar-refractivity contribution in [2.24, 2.45) is 0 Å². The Labute approximate surface area is 235 Å². The van der Waals surface area contributed by atoms with Gasteiger partial charge in [0.05, 0.1) is 0 Å². The lowest BCUT2D eigenvalue weighted by atomic mass is 10.2. The molecular formula is C31H58O6Si. The highest BCUT2D eigenvalue weighted by Crippen LogP contribution is 2.15. The number of hydrogen-bond acceptors (Lipinski definition) is 5. The number of rotatable bonds is 25. The predicted octanol–water partition coefficient (Wildman–Crippen LogP) is 9.03. The Kier molecular flexibility index (Phi) is 32.2. The van der Waals surface area contributed by atoms with Gasteiger partial charge in [0.15, 0.2) is 0 Å². The van der Waals surface area contributed by atoms with Crippen LogP contribution in [0, 0.1) is 0 Å². The molecule has 0 rings (SSSR count). The van der Waals surface area contributed by atoms with Crippen LogP contribution in [-0.4, -0.2) is 47.5 Å². The summed E-state index contributed by atoms with van der Waals surface area (Å²) in [5.41, 5.74) is 0. The van der Waals surface area contributed by atoms with Crippen LogP contribution in [0.3, 0.4) is 0 Å². The zero-order valence-corrected chi connectivity index (χ0v) is 26.1. The maximum absolute atomic E-state index is 10.3. The normalized spacial score (nSPS) is 12.2. The lowest BCUT2D eigenvalue weighted by Gasteiger charge is -2.25. The Morgan fingerprint density at radius 1 is 0.684 bits per heavy atom. The SMILES string of the molecule is CCCCC/C=C\C/C=C\C/C=C\C/C=C\CCCC(=O)O.CCCCCOCO[Si](CCC)(OC)OC. The maximum atomic E-state index is 10.3. The van der Waals surface area contributed by atoms with Crippen LogP contribution >= 0.6 is 0 Å². The van der Waals surface area contributed by atoms with E-state index in [0.29, 0.717) is 0 Å². The number of hydrogen-bond donors (Lipinski definition) is 1. The van der Waals surface area contributed by atoms with Crippen LogP contribution in [0.25, 0.3) is 0 Å². The summed E-state index contributed by atoms with van der Waals surface area (Å²) in [7, 11) is 0.846. The highest BCUT2D eigenvalue weighted by Gasteiger charge is 2.37. The molecule has 0 fully saturated rings. The minimum atomic E-state index is -2.44. The van der Waals surface area contributed by atoms with Gasteiger partial charge in [0.2, 0.25) is 0 Å². The molecule has 0 aromatic carbocycles. The molecule has 0 aliphatic rings. The number of aliphatic carboxylic acids is 1. The molecule has 0 amide bonds. The molecule has 0 radical (unpaired) electrons. The topological polar surface area (TPSA) is 74.2 Å². The van der Waals surface area contributed by atoms with Gasteiger partial charge < -0.3 is 23.1 Å². The van der Waals surface area contributed by atoms with E-state index in [-0.39, 0.29) is 13.2 Å². The molecule has 0 aromatic heterocycles. The number of unbranched alkanes of at least 4 members (excludes halogenated alkanes) is 6. The van der Waals surface area contributed by atoms with E-state index in [9.17, 15) is 4.79 Å². The van der Waals surface area contributed by atoms with Gasteiger partial charge in [0, 0.05) is 33.3 Å². The molecule has 0 heterocycles. The average molecular weight is 555 g/mol. The lowest BCUT2D eigenvalue weighted by Crippen LogP contribution is -2.44. The first-order chi connectivity index (χ1) is 18.5. The van der Waals surface area contributed by atoms with Gasteiger partial charge in [-0.2, -0.15) is 0 Å². The number of carbonyl (C=O) groups is 1. The van der Waals surface area contributed by atoms with Crippen molar-refractivity contribution >= 4 is 14.8 Å². The largest absolute Gasteiger partial charge is 0.502 e. The molecule has 1 N–H and O–H groups in total. The van der Waals surface area contributed by atoms with Crippen molar-refractivity contribution in [1.29, 1.82) is 0 Å². The van der Waals surface area contributed by atoms with E-state index < -0.39 is 14.8 Å². The molecule has 0 unspecified atom stereocenters. The summed E-state index contributed by atoms with van der Waals surface area (Å²) in [5.74, 6) is -0.712. The van der Waals surface area contributed by atoms with E-state index in [4.69, 9.17) is 23.1 Å². The van der Waals surface area contributed by atoms with Gasteiger partial charge in [-0.15, -0.1) is 0 Å². The van der Waals surface area contributed by atoms with E-state index in [0.717, 1.165) is 57.6 Å². The first kappa shape index (κ1) is 38.6. The Morgan fingerprint density at radius 2 is 1.18 bits per heavy atom. The summed E-state index contributed by atoms with van der Waals surface area (Å²) in [6.07, 6.45) is 31.8. The van der Waals surface area contributed by atoms with Gasteiger partial charge in [-0.3, -0.25) is 4.79 Å². The van der Waals surface area contributed by atoms with Crippen LogP contribution in [0.15, 0.2) is 48.6 Å². The fraction of sp³-hybridized carbons (Fsp3) is 0.710. The fourth-order valence-electron chi connectivity index (χ4n) is 3.36. The molecule has 0 aliphatic carbocycles. The third-order valence-corrected chi connectivity index (χ3v) is 8.57. The third-order valence-electron chi connectivity index (χ3n) is 5.65. The second kappa shape index (κ2) is 31.7. The van der Waals surface area contributed by atoms with Crippen molar-refractivity contribution in [2.75, 3.05) is 27.6 Å². The molecule has 0 aromatic rings. The van der Waals surface area contributed by atoms with Gasteiger partial charge in [-0.1, -0.05) is 101 Å². The van der Waals surface area contributed by atoms with Crippen molar-refractivity contribution < 1.29 is 27.9 Å². The van der Waals surface area contributed by atoms with Crippen molar-refractivity contribution in [2.45, 2.75) is 117 Å². The van der Waals surface area contributed by atoms with Crippen LogP contribution in [0.2, 0.25) is 6.04 Å². The maximum Gasteiger partial charge on any atom is 0.502 e. The van der Waals surface area contributed by atoms with E-state index in [1.54, 1.807) is 14.2 Å². The van der Waals surface area contributed by atoms with Crippen molar-refractivity contribution in [3.05, 3.63) is 48.6 Å². The number of ether oxygens (including phenoxy) is 1. The molecule has 0 spiro atoms. The van der Waals surface area contributed by atoms with Crippen molar-refractivity contribution in [3.8, 4) is 0 Å². The highest BCUT2D eigenvalue weighted by molar-refractivity contribution is 6.60. The first-order valence-electron chi connectivity index (χ1n) is 14.7. The first-order valence-corrected chi connectivity index (χ1v) is 16.6. The average Bonchev–Trinajstić information content (AvgIpc) is 2.92. The molecule has 0 aliphatic heterocycles. The molecule has 38 heavy (non-hydrogen) atoms. The molecule has 0 atom stereocenters. The summed E-state index contributed by atoms with van der Waals surface area (Å²) >= 11 is 0. The summed E-state index contributed by atoms with van der Waals surface area (Å²) in [5, 5.41) is 8.49. The van der Waals surface area contributed by atoms with E-state index in [1.807, 2.05) is 0 Å². The number of carboxylic acids is 1. The lowest BCUT2D eigenvalue weighted by molar-refractivity contribution is -0.137. The molecule has 222 valence electrons. The standard InChI is InChI=1S/C20H32O2.C11H26O4Si/c1-2-3-4-5-6-7-8-9-10-11-12-13-14-15-16-17-18-19-20(21)22;1-5-7-8-9-14-11-15-16(12-3,13-4)10-6-2/h6-7,9-10,12-13,15-16H,2-5,8,11,14,17-19H2,1H3,(H,21,22);5-11H2,1-4H3/b7-6-,10-9-,13-12-,16-15-;. The van der Waals surface area contributed by atoms with E-state index >= 15 is 0 Å². The minimum Gasteiger partial charge on any atom is -0.481 e. The van der Waals surface area contributed by atoms with Gasteiger partial charge in [-0.05, 0) is 51.4 Å². The molecule has 0 bridgehead atoms. The molecule has 7 heteroatoms. The summed E-state index contributed by atoms with van der Waals surface area (Å²) in [6.45, 7) is 7.52. The van der Waals surface area contributed by atoms with Gasteiger partial charge in [0.25, 0.3) is 0 Å². The molecule has 0 saturated carbocycles. The monoisotopic (exact) mass is 554 g/mol. The number of allylic oxidation sites excluding steroid dienone is 8. The second-order valence-electron chi connectivity index (χ2n) is 9.09. The fourth-order valence-corrected chi connectivity index (χ4v) is 5.19. The minimum absolute atomic E-state index is 0.262. The smallest absolute Gasteiger partial charge is 0.481 e. The van der Waals surface area contributed by atoms with Crippen molar-refractivity contribution in [3.63, 3.8) is 0 Å². The predicted molar refractivity (Wildman–Crippen MR) is 162 cm³/mol. The zero-order chi connectivity index (χ0) is 28.6. The van der Waals surface area contributed by atoms with E-state index in [1.165, 1.54) is 38.5 Å². The Morgan fingerprint density at radius 3 is 1.66 bits per heavy atom. The zero-order valence-electron chi connectivity index (χ0n) is 25.1. The number of carboxylic acid groups (broad SMARTS) is 1. The van der Waals surface area contributed by atoms with Gasteiger partial charge in [0.1, 0.15) is 6.79 Å². The highest BCUT2D eigenvalue weighted by atomic mass is 28.4. The Balaban J connectivity index is 0. The molecule has 6 nitrogen and oxygen atoms in total. The van der Waals surface area contributed by atoms with Gasteiger partial charge in [-0.25, -0.2) is 0 Å². The van der Waals surface area contributed by atoms with Crippen LogP contribution in [0.5, 0.6) is 0 Å². The third kappa shape index (κ3) is 29.0. The van der Waals surface area contributed by atoms with Crippen LogP contribution in [-0.2, 0) is 22.8 Å². The van der Waals surface area contributed by atoms with Crippen molar-refractivity contribution in [1.82, 2.24) is 0 Å². The van der Waals surface area contributed by atoms with Crippen LogP contribution in [0.1, 0.15) is 111 Å².